The van der Waals surface area contributed by atoms with Gasteiger partial charge in [0.2, 0.25) is 17.8 Å². The van der Waals surface area contributed by atoms with Gasteiger partial charge >= 0.3 is 0 Å². The number of nitrogens with zero attached hydrogens (tertiary/aromatic N) is 6. The Balaban J connectivity index is 1.52. The molecule has 0 atom stereocenters. The van der Waals surface area contributed by atoms with Gasteiger partial charge in [0.25, 0.3) is 5.78 Å². The first kappa shape index (κ1) is 22.6. The lowest BCUT2D eigenvalue weighted by molar-refractivity contribution is -0.129. The van der Waals surface area contributed by atoms with Crippen LogP contribution in [0.25, 0.3) is 5.78 Å². The Hall–Kier alpha value is -3.60. The van der Waals surface area contributed by atoms with Gasteiger partial charge in [0, 0.05) is 19.6 Å². The standard InChI is InChI=1S/C22H26N8O2S/c1-3-23-19-25-20(24-4-2)30-21(26-19)27-28-22(30)33-15-18(31)29(14-17-11-8-12-32-17)13-16-9-6-5-7-10-16/h5-12H,3-4,13-15H2,1-2H3,(H2,23,24,25,26,27). The Bertz CT molecular complexity index is 1180. The van der Waals surface area contributed by atoms with Crippen molar-refractivity contribution >= 4 is 35.3 Å². The van der Waals surface area contributed by atoms with E-state index in [0.717, 1.165) is 11.3 Å². The Kier molecular flexibility index (Phi) is 7.40. The van der Waals surface area contributed by atoms with Crippen LogP contribution in [0.4, 0.5) is 11.9 Å². The topological polar surface area (TPSA) is 113 Å². The summed E-state index contributed by atoms with van der Waals surface area (Å²) in [5, 5.41) is 15.3. The number of rotatable bonds is 11. The summed E-state index contributed by atoms with van der Waals surface area (Å²) in [6.45, 7) is 6.20. The minimum Gasteiger partial charge on any atom is -0.467 e. The highest BCUT2D eigenvalue weighted by Gasteiger charge is 2.20. The number of furan rings is 1. The van der Waals surface area contributed by atoms with Gasteiger partial charge in [-0.2, -0.15) is 9.97 Å². The number of thioether (sulfide) groups is 1. The van der Waals surface area contributed by atoms with Crippen molar-refractivity contribution in [2.45, 2.75) is 32.1 Å². The second-order valence-corrected chi connectivity index (χ2v) is 8.10. The summed E-state index contributed by atoms with van der Waals surface area (Å²) < 4.78 is 7.21. The molecule has 172 valence electrons. The van der Waals surface area contributed by atoms with Gasteiger partial charge in [-0.3, -0.25) is 4.79 Å². The third kappa shape index (κ3) is 5.61. The van der Waals surface area contributed by atoms with Gasteiger partial charge in [-0.15, -0.1) is 10.2 Å². The number of hydrogen-bond donors (Lipinski definition) is 2. The number of hydrogen-bond acceptors (Lipinski definition) is 9. The Morgan fingerprint density at radius 1 is 1.03 bits per heavy atom. The Labute approximate surface area is 195 Å². The minimum absolute atomic E-state index is 0.0350. The van der Waals surface area contributed by atoms with Crippen molar-refractivity contribution in [1.29, 1.82) is 0 Å². The summed E-state index contributed by atoms with van der Waals surface area (Å²) in [4.78, 5) is 23.9. The van der Waals surface area contributed by atoms with Crippen LogP contribution >= 0.6 is 11.8 Å². The van der Waals surface area contributed by atoms with E-state index in [4.69, 9.17) is 4.42 Å². The zero-order valence-corrected chi connectivity index (χ0v) is 19.4. The normalized spacial score (nSPS) is 11.0. The third-order valence-corrected chi connectivity index (χ3v) is 5.65. The van der Waals surface area contributed by atoms with Gasteiger partial charge in [0.05, 0.1) is 18.6 Å². The fourth-order valence-corrected chi connectivity index (χ4v) is 4.07. The Morgan fingerprint density at radius 2 is 1.85 bits per heavy atom. The molecule has 0 bridgehead atoms. The van der Waals surface area contributed by atoms with Crippen LogP contribution in [-0.2, 0) is 17.9 Å². The highest BCUT2D eigenvalue weighted by atomic mass is 32.2. The number of benzene rings is 1. The second kappa shape index (κ2) is 10.8. The first-order valence-corrected chi connectivity index (χ1v) is 11.7. The molecule has 1 aromatic carbocycles. The molecule has 0 aliphatic heterocycles. The van der Waals surface area contributed by atoms with E-state index >= 15 is 0 Å². The maximum atomic E-state index is 13.2. The van der Waals surface area contributed by atoms with Crippen LogP contribution in [0.3, 0.4) is 0 Å². The molecule has 0 saturated carbocycles. The summed E-state index contributed by atoms with van der Waals surface area (Å²) >= 11 is 1.30. The number of fused-ring (bicyclic) bond motifs is 1. The second-order valence-electron chi connectivity index (χ2n) is 7.15. The fraction of sp³-hybridized carbons (Fsp3) is 0.318. The summed E-state index contributed by atoms with van der Waals surface area (Å²) in [6, 6.07) is 13.6. The van der Waals surface area contributed by atoms with E-state index in [0.29, 0.717) is 49.0 Å². The highest BCUT2D eigenvalue weighted by molar-refractivity contribution is 7.99. The van der Waals surface area contributed by atoms with Gasteiger partial charge in [-0.1, -0.05) is 42.1 Å². The van der Waals surface area contributed by atoms with Crippen molar-refractivity contribution in [3.05, 3.63) is 60.1 Å². The third-order valence-electron chi connectivity index (χ3n) is 4.74. The van der Waals surface area contributed by atoms with Crippen LogP contribution in [0.15, 0.2) is 58.3 Å². The molecule has 0 saturated heterocycles. The van der Waals surface area contributed by atoms with Crippen LogP contribution in [0.2, 0.25) is 0 Å². The zero-order valence-electron chi connectivity index (χ0n) is 18.6. The molecule has 0 fully saturated rings. The lowest BCUT2D eigenvalue weighted by Crippen LogP contribution is -2.31. The highest BCUT2D eigenvalue weighted by Crippen LogP contribution is 2.22. The molecule has 2 N–H and O–H groups in total. The molecular weight excluding hydrogens is 440 g/mol. The van der Waals surface area contributed by atoms with E-state index < -0.39 is 0 Å². The number of carbonyl (C=O) groups is 1. The quantitative estimate of drug-likeness (QED) is 0.321. The monoisotopic (exact) mass is 466 g/mol. The number of aromatic nitrogens is 5. The molecule has 10 nitrogen and oxygen atoms in total. The van der Waals surface area contributed by atoms with Crippen LogP contribution < -0.4 is 10.6 Å². The molecule has 0 radical (unpaired) electrons. The fourth-order valence-electron chi connectivity index (χ4n) is 3.24. The molecule has 0 aliphatic carbocycles. The summed E-state index contributed by atoms with van der Waals surface area (Å²) in [6.07, 6.45) is 1.61. The zero-order chi connectivity index (χ0) is 23.0. The van der Waals surface area contributed by atoms with E-state index in [1.54, 1.807) is 15.6 Å². The number of amides is 1. The van der Waals surface area contributed by atoms with Gasteiger partial charge in [-0.05, 0) is 31.5 Å². The van der Waals surface area contributed by atoms with E-state index in [-0.39, 0.29) is 11.7 Å². The molecule has 3 aromatic heterocycles. The molecular formula is C22H26N8O2S. The van der Waals surface area contributed by atoms with Crippen molar-refractivity contribution in [3.8, 4) is 0 Å². The van der Waals surface area contributed by atoms with Gasteiger partial charge in [0.1, 0.15) is 5.76 Å². The average Bonchev–Trinajstić information content (AvgIpc) is 3.48. The molecule has 33 heavy (non-hydrogen) atoms. The molecule has 3 heterocycles. The lowest BCUT2D eigenvalue weighted by atomic mass is 10.2. The summed E-state index contributed by atoms with van der Waals surface area (Å²) in [5.41, 5.74) is 1.05. The SMILES string of the molecule is CCNc1nc(NCC)n2c(SCC(=O)N(Cc3ccccc3)Cc3ccco3)nnc2n1. The van der Waals surface area contributed by atoms with Gasteiger partial charge in [0.15, 0.2) is 5.16 Å². The lowest BCUT2D eigenvalue weighted by Gasteiger charge is -2.21. The van der Waals surface area contributed by atoms with E-state index in [1.165, 1.54) is 11.8 Å². The van der Waals surface area contributed by atoms with Gasteiger partial charge < -0.3 is 20.0 Å². The molecule has 0 aliphatic rings. The molecule has 4 aromatic rings. The summed E-state index contributed by atoms with van der Waals surface area (Å²) in [7, 11) is 0. The van der Waals surface area contributed by atoms with Crippen molar-refractivity contribution in [3.63, 3.8) is 0 Å². The maximum Gasteiger partial charge on any atom is 0.261 e. The largest absolute Gasteiger partial charge is 0.467 e. The molecule has 1 amide bonds. The summed E-state index contributed by atoms with van der Waals surface area (Å²) in [5.74, 6) is 2.37. The van der Waals surface area contributed by atoms with E-state index in [1.807, 2.05) is 56.3 Å². The number of carbonyl (C=O) groups excluding carboxylic acids is 1. The van der Waals surface area contributed by atoms with Crippen LogP contribution in [0.1, 0.15) is 25.2 Å². The molecule has 0 spiro atoms. The number of anilines is 2. The van der Waals surface area contributed by atoms with E-state index in [2.05, 4.69) is 30.8 Å². The van der Waals surface area contributed by atoms with Crippen LogP contribution in [0.5, 0.6) is 0 Å². The van der Waals surface area contributed by atoms with Crippen molar-refractivity contribution < 1.29 is 9.21 Å². The average molecular weight is 467 g/mol. The van der Waals surface area contributed by atoms with Gasteiger partial charge in [-0.25, -0.2) is 4.40 Å². The van der Waals surface area contributed by atoms with Crippen LogP contribution in [-0.4, -0.2) is 54.2 Å². The van der Waals surface area contributed by atoms with Crippen LogP contribution in [0, 0.1) is 0 Å². The smallest absolute Gasteiger partial charge is 0.261 e. The van der Waals surface area contributed by atoms with Crippen molar-refractivity contribution in [1.82, 2.24) is 29.5 Å². The maximum absolute atomic E-state index is 13.2. The van der Waals surface area contributed by atoms with Crippen molar-refractivity contribution in [2.75, 3.05) is 29.5 Å². The molecule has 0 unspecified atom stereocenters. The first-order chi connectivity index (χ1) is 16.2. The number of nitrogens with one attached hydrogen (secondary N) is 2. The van der Waals surface area contributed by atoms with Crippen molar-refractivity contribution in [2.24, 2.45) is 0 Å². The molecule has 4 rings (SSSR count). The Morgan fingerprint density at radius 3 is 2.58 bits per heavy atom. The predicted molar refractivity (Wildman–Crippen MR) is 127 cm³/mol. The first-order valence-electron chi connectivity index (χ1n) is 10.8. The molecule has 11 heteroatoms. The minimum atomic E-state index is -0.0350. The van der Waals surface area contributed by atoms with E-state index in [9.17, 15) is 4.79 Å². The predicted octanol–water partition coefficient (Wildman–Crippen LogP) is 3.30.